The number of piperidine rings is 1. The molecular weight excluding hydrogens is 346 g/mol. The average molecular weight is 373 g/mol. The minimum absolute atomic E-state index is 0.00513. The van der Waals surface area contributed by atoms with Crippen molar-refractivity contribution < 1.29 is 14.6 Å². The Morgan fingerprint density at radius 3 is 2.89 bits per heavy atom. The molecule has 8 heteroatoms. The molecule has 1 N–H and O–H groups in total. The predicted octanol–water partition coefficient (Wildman–Crippen LogP) is 1.36. The van der Waals surface area contributed by atoms with Gasteiger partial charge in [0, 0.05) is 31.7 Å². The summed E-state index contributed by atoms with van der Waals surface area (Å²) in [5.74, 6) is 2.11. The van der Waals surface area contributed by atoms with E-state index in [1.807, 2.05) is 42.5 Å². The maximum atomic E-state index is 12.7. The number of ether oxygens (including phenoxy) is 1. The van der Waals surface area contributed by atoms with Crippen LogP contribution in [0.2, 0.25) is 0 Å². The number of pyridine rings is 1. The van der Waals surface area contributed by atoms with Crippen molar-refractivity contribution in [3.05, 3.63) is 35.2 Å². The van der Waals surface area contributed by atoms with Crippen molar-refractivity contribution >= 4 is 5.91 Å². The lowest BCUT2D eigenvalue weighted by Crippen LogP contribution is -2.42. The van der Waals surface area contributed by atoms with Crippen molar-refractivity contribution in [1.29, 1.82) is 0 Å². The number of rotatable bonds is 6. The second-order valence-corrected chi connectivity index (χ2v) is 6.91. The molecule has 3 heterocycles. The Morgan fingerprint density at radius 2 is 2.19 bits per heavy atom. The molecule has 1 aliphatic heterocycles. The van der Waals surface area contributed by atoms with Crippen molar-refractivity contribution in [3.8, 4) is 5.75 Å². The molecule has 1 amide bonds. The lowest BCUT2D eigenvalue weighted by atomic mass is 9.97. The van der Waals surface area contributed by atoms with Gasteiger partial charge < -0.3 is 19.3 Å². The van der Waals surface area contributed by atoms with Gasteiger partial charge in [-0.05, 0) is 38.3 Å². The highest BCUT2D eigenvalue weighted by atomic mass is 16.5. The smallest absolute Gasteiger partial charge is 0.260 e. The molecule has 1 atom stereocenters. The van der Waals surface area contributed by atoms with Crippen LogP contribution in [0.1, 0.15) is 48.7 Å². The van der Waals surface area contributed by atoms with Gasteiger partial charge in [-0.3, -0.25) is 9.78 Å². The highest BCUT2D eigenvalue weighted by Crippen LogP contribution is 2.26. The Labute approximate surface area is 159 Å². The molecule has 146 valence electrons. The number of hydrogen-bond acceptors (Lipinski definition) is 6. The van der Waals surface area contributed by atoms with Gasteiger partial charge in [-0.1, -0.05) is 6.92 Å². The second-order valence-electron chi connectivity index (χ2n) is 6.91. The summed E-state index contributed by atoms with van der Waals surface area (Å²) >= 11 is 0. The molecule has 0 aliphatic carbocycles. The summed E-state index contributed by atoms with van der Waals surface area (Å²) in [6, 6.07) is 3.77. The third-order valence-corrected chi connectivity index (χ3v) is 5.04. The molecule has 0 spiro atoms. The molecule has 1 fully saturated rings. The van der Waals surface area contributed by atoms with Crippen LogP contribution < -0.4 is 4.74 Å². The quantitative estimate of drug-likeness (QED) is 0.822. The zero-order chi connectivity index (χ0) is 19.4. The van der Waals surface area contributed by atoms with E-state index in [1.54, 1.807) is 0 Å². The molecule has 0 aromatic carbocycles. The van der Waals surface area contributed by atoms with E-state index >= 15 is 0 Å². The molecule has 1 saturated heterocycles. The molecule has 2 aromatic rings. The zero-order valence-corrected chi connectivity index (χ0v) is 16.2. The van der Waals surface area contributed by atoms with E-state index in [1.165, 1.54) is 0 Å². The van der Waals surface area contributed by atoms with Crippen LogP contribution in [0.25, 0.3) is 0 Å². The van der Waals surface area contributed by atoms with Crippen LogP contribution in [0.3, 0.4) is 0 Å². The Hall–Kier alpha value is -2.48. The summed E-state index contributed by atoms with van der Waals surface area (Å²) in [5, 5.41) is 17.5. The zero-order valence-electron chi connectivity index (χ0n) is 16.2. The molecular formula is C19H27N5O3. The van der Waals surface area contributed by atoms with Gasteiger partial charge in [-0.25, -0.2) is 0 Å². The van der Waals surface area contributed by atoms with E-state index in [4.69, 9.17) is 4.74 Å². The number of carbonyl (C=O) groups is 1. The van der Waals surface area contributed by atoms with Crippen LogP contribution in [0.4, 0.5) is 0 Å². The number of hydrogen-bond donors (Lipinski definition) is 1. The van der Waals surface area contributed by atoms with Crippen molar-refractivity contribution in [3.63, 3.8) is 0 Å². The maximum Gasteiger partial charge on any atom is 0.260 e. The fraction of sp³-hybridized carbons (Fsp3) is 0.579. The lowest BCUT2D eigenvalue weighted by Gasteiger charge is -2.32. The van der Waals surface area contributed by atoms with E-state index in [2.05, 4.69) is 15.2 Å². The Kier molecular flexibility index (Phi) is 6.05. The Morgan fingerprint density at radius 1 is 1.37 bits per heavy atom. The van der Waals surface area contributed by atoms with Crippen molar-refractivity contribution in [2.24, 2.45) is 7.05 Å². The van der Waals surface area contributed by atoms with Gasteiger partial charge in [0.05, 0.1) is 5.69 Å². The number of aliphatic hydroxyl groups is 1. The van der Waals surface area contributed by atoms with E-state index < -0.39 is 0 Å². The van der Waals surface area contributed by atoms with Crippen molar-refractivity contribution in [1.82, 2.24) is 24.6 Å². The summed E-state index contributed by atoms with van der Waals surface area (Å²) in [5.41, 5.74) is 1.81. The molecule has 0 saturated carbocycles. The first kappa shape index (κ1) is 19.3. The van der Waals surface area contributed by atoms with Gasteiger partial charge in [0.15, 0.2) is 12.4 Å². The first-order chi connectivity index (χ1) is 13.0. The van der Waals surface area contributed by atoms with Crippen LogP contribution in [-0.4, -0.2) is 55.4 Å². The number of likely N-dealkylation sites (tertiary alicyclic amines) is 1. The van der Waals surface area contributed by atoms with Gasteiger partial charge in [-0.15, -0.1) is 10.2 Å². The maximum absolute atomic E-state index is 12.7. The minimum Gasteiger partial charge on any atom is -0.482 e. The number of aromatic nitrogens is 4. The minimum atomic E-state index is -0.142. The van der Waals surface area contributed by atoms with Crippen LogP contribution in [0.5, 0.6) is 5.75 Å². The SMILES string of the molecule is CCc1nc(C)ccc1OCC(=O)N1CCC[C@@H](c2nnc(CO)n2C)C1. The third kappa shape index (κ3) is 4.27. The average Bonchev–Trinajstić information content (AvgIpc) is 3.07. The van der Waals surface area contributed by atoms with Crippen LogP contribution >= 0.6 is 0 Å². The fourth-order valence-corrected chi connectivity index (χ4v) is 3.50. The van der Waals surface area contributed by atoms with E-state index in [0.717, 1.165) is 43.0 Å². The van der Waals surface area contributed by atoms with Crippen molar-refractivity contribution in [2.45, 2.75) is 45.6 Å². The Balaban J connectivity index is 1.62. The highest BCUT2D eigenvalue weighted by Gasteiger charge is 2.28. The van der Waals surface area contributed by atoms with Gasteiger partial charge in [0.25, 0.3) is 5.91 Å². The third-order valence-electron chi connectivity index (χ3n) is 5.04. The molecule has 0 radical (unpaired) electrons. The largest absolute Gasteiger partial charge is 0.482 e. The fourth-order valence-electron chi connectivity index (χ4n) is 3.50. The number of amides is 1. The Bertz CT molecular complexity index is 805. The van der Waals surface area contributed by atoms with E-state index in [9.17, 15) is 9.90 Å². The standard InChI is InChI=1S/C19H27N5O3/c1-4-15-16(8-7-13(2)20-15)27-12-18(26)24-9-5-6-14(10-24)19-22-21-17(11-25)23(19)3/h7-8,14,25H,4-6,9-12H2,1-3H3/t14-/m1/s1. The molecule has 0 bridgehead atoms. The molecule has 2 aromatic heterocycles. The summed E-state index contributed by atoms with van der Waals surface area (Å²) in [6.45, 7) is 5.13. The molecule has 27 heavy (non-hydrogen) atoms. The van der Waals surface area contributed by atoms with Crippen molar-refractivity contribution in [2.75, 3.05) is 19.7 Å². The van der Waals surface area contributed by atoms with Crippen LogP contribution in [0, 0.1) is 6.92 Å². The summed E-state index contributed by atoms with van der Waals surface area (Å²) < 4.78 is 7.58. The molecule has 8 nitrogen and oxygen atoms in total. The number of aliphatic hydroxyl groups excluding tert-OH is 1. The first-order valence-corrected chi connectivity index (χ1v) is 9.39. The highest BCUT2D eigenvalue weighted by molar-refractivity contribution is 5.78. The monoisotopic (exact) mass is 373 g/mol. The van der Waals surface area contributed by atoms with Crippen LogP contribution in [0.15, 0.2) is 12.1 Å². The lowest BCUT2D eigenvalue weighted by molar-refractivity contribution is -0.134. The van der Waals surface area contributed by atoms with Gasteiger partial charge in [0.2, 0.25) is 0 Å². The van der Waals surface area contributed by atoms with E-state index in [0.29, 0.717) is 18.1 Å². The predicted molar refractivity (Wildman–Crippen MR) is 99.3 cm³/mol. The molecule has 3 rings (SSSR count). The summed E-state index contributed by atoms with van der Waals surface area (Å²) in [4.78, 5) is 19.0. The van der Waals surface area contributed by atoms with Gasteiger partial charge in [-0.2, -0.15) is 0 Å². The number of aryl methyl sites for hydroxylation is 2. The normalized spacial score (nSPS) is 17.2. The topological polar surface area (TPSA) is 93.4 Å². The van der Waals surface area contributed by atoms with E-state index in [-0.39, 0.29) is 25.0 Å². The second kappa shape index (κ2) is 8.47. The van der Waals surface area contributed by atoms with Gasteiger partial charge in [0.1, 0.15) is 18.2 Å². The first-order valence-electron chi connectivity index (χ1n) is 9.39. The number of carbonyl (C=O) groups excluding carboxylic acids is 1. The number of nitrogens with zero attached hydrogens (tertiary/aromatic N) is 5. The summed E-state index contributed by atoms with van der Waals surface area (Å²) in [7, 11) is 1.85. The summed E-state index contributed by atoms with van der Waals surface area (Å²) in [6.07, 6.45) is 2.62. The van der Waals surface area contributed by atoms with Crippen LogP contribution in [-0.2, 0) is 24.9 Å². The molecule has 0 unspecified atom stereocenters. The van der Waals surface area contributed by atoms with Gasteiger partial charge >= 0.3 is 0 Å². The molecule has 1 aliphatic rings.